The highest BCUT2D eigenvalue weighted by atomic mass is 19.1. The molecule has 32 heavy (non-hydrogen) atoms. The Morgan fingerprint density at radius 1 is 1.25 bits per heavy atom. The van der Waals surface area contributed by atoms with E-state index in [-0.39, 0.29) is 18.1 Å². The number of hydrogen-bond acceptors (Lipinski definition) is 7. The first-order valence-corrected chi connectivity index (χ1v) is 10.6. The van der Waals surface area contributed by atoms with Crippen molar-refractivity contribution in [3.63, 3.8) is 0 Å². The van der Waals surface area contributed by atoms with Crippen LogP contribution in [0.5, 0.6) is 0 Å². The summed E-state index contributed by atoms with van der Waals surface area (Å²) in [5.41, 5.74) is -3.49. The molecule has 0 saturated heterocycles. The minimum atomic E-state index is -2.97. The van der Waals surface area contributed by atoms with Crippen molar-refractivity contribution in [2.75, 3.05) is 0 Å². The average molecular weight is 450 g/mol. The largest absolute Gasteiger partial charge is 0.479 e. The Balaban J connectivity index is 1.75. The van der Waals surface area contributed by atoms with Gasteiger partial charge >= 0.3 is 5.97 Å². The molecular weight excluding hydrogens is 423 g/mol. The molecule has 4 aliphatic rings. The Labute approximate surface area is 183 Å². The Morgan fingerprint density at radius 3 is 2.53 bits per heavy atom. The van der Waals surface area contributed by atoms with Crippen LogP contribution in [0.25, 0.3) is 0 Å². The zero-order valence-electron chi connectivity index (χ0n) is 17.7. The zero-order valence-corrected chi connectivity index (χ0v) is 17.7. The van der Waals surface area contributed by atoms with Crippen LogP contribution in [0.3, 0.4) is 0 Å². The Bertz CT molecular complexity index is 984. The van der Waals surface area contributed by atoms with Gasteiger partial charge in [0.2, 0.25) is 6.17 Å². The molecule has 0 aromatic rings. The van der Waals surface area contributed by atoms with Gasteiger partial charge < -0.3 is 25.5 Å². The number of carboxylic acid groups (broad SMARTS) is 1. The van der Waals surface area contributed by atoms with Crippen LogP contribution in [0.2, 0.25) is 0 Å². The SMILES string of the molecule is C[C@]12C=CC(=O)C=C1CC[C@H]1C3=C[C@@H](O)[C@](O)(C(=O)C(O)C(F)C(=O)O)[C@@]3(C)C[C@H](O)[C@@H]12. The van der Waals surface area contributed by atoms with E-state index in [2.05, 4.69) is 0 Å². The van der Waals surface area contributed by atoms with Gasteiger partial charge in [-0.15, -0.1) is 0 Å². The van der Waals surface area contributed by atoms with Crippen molar-refractivity contribution in [1.29, 1.82) is 0 Å². The standard InChI is InChI=1S/C23H27FO8/c1-21-6-5-11(25)7-10(21)3-4-12-13-8-15(27)23(32,19(29)18(28)17(24)20(30)31)22(13,2)9-14(26)16(12)21/h5-8,12,14-18,26-28,32H,3-4,9H2,1-2H3,(H,30,31)/t12-,14-,15+,16+,17?,18?,21-,22-,23-/m0/s1. The number of allylic oxidation sites excluding steroid dienone is 4. The number of aliphatic hydroxyl groups excluding tert-OH is 3. The Morgan fingerprint density at radius 2 is 1.91 bits per heavy atom. The van der Waals surface area contributed by atoms with E-state index in [9.17, 15) is 39.2 Å². The summed E-state index contributed by atoms with van der Waals surface area (Å²) in [6, 6.07) is 0. The fraction of sp³-hybridized carbons (Fsp3) is 0.609. The molecule has 0 aromatic carbocycles. The van der Waals surface area contributed by atoms with Gasteiger partial charge in [0.15, 0.2) is 23.3 Å². The highest BCUT2D eigenvalue weighted by Gasteiger charge is 2.69. The lowest BCUT2D eigenvalue weighted by Gasteiger charge is -2.58. The van der Waals surface area contributed by atoms with E-state index in [1.807, 2.05) is 6.92 Å². The second-order valence-electron chi connectivity index (χ2n) is 9.84. The summed E-state index contributed by atoms with van der Waals surface area (Å²) < 4.78 is 13.9. The lowest BCUT2D eigenvalue weighted by atomic mass is 9.47. The van der Waals surface area contributed by atoms with E-state index in [0.29, 0.717) is 18.4 Å². The summed E-state index contributed by atoms with van der Waals surface area (Å²) >= 11 is 0. The van der Waals surface area contributed by atoms with E-state index in [1.165, 1.54) is 19.1 Å². The lowest BCUT2D eigenvalue weighted by Crippen LogP contribution is -2.65. The van der Waals surface area contributed by atoms with Gasteiger partial charge in [-0.05, 0) is 37.3 Å². The average Bonchev–Trinajstić information content (AvgIpc) is 2.93. The Kier molecular flexibility index (Phi) is 5.13. The molecule has 174 valence electrons. The molecule has 0 spiro atoms. The molecule has 0 radical (unpaired) electrons. The number of fused-ring (bicyclic) bond motifs is 5. The molecule has 2 unspecified atom stereocenters. The highest BCUT2D eigenvalue weighted by molar-refractivity contribution is 6.01. The molecule has 0 bridgehead atoms. The monoisotopic (exact) mass is 450 g/mol. The molecule has 0 heterocycles. The number of carbonyl (C=O) groups is 3. The third-order valence-corrected chi connectivity index (χ3v) is 8.29. The smallest absolute Gasteiger partial charge is 0.341 e. The molecule has 2 fully saturated rings. The number of hydrogen-bond donors (Lipinski definition) is 5. The Hall–Kier alpha value is -2.20. The van der Waals surface area contributed by atoms with Crippen LogP contribution >= 0.6 is 0 Å². The molecule has 5 N–H and O–H groups in total. The predicted octanol–water partition coefficient (Wildman–Crippen LogP) is 0.240. The first-order chi connectivity index (χ1) is 14.8. The molecule has 8 nitrogen and oxygen atoms in total. The molecular formula is C23H27FO8. The summed E-state index contributed by atoms with van der Waals surface area (Å²) in [4.78, 5) is 35.7. The fourth-order valence-corrected chi connectivity index (χ4v) is 6.61. The van der Waals surface area contributed by atoms with Crippen molar-refractivity contribution >= 4 is 17.5 Å². The second kappa shape index (κ2) is 7.15. The normalized spacial score (nSPS) is 44.5. The summed E-state index contributed by atoms with van der Waals surface area (Å²) in [7, 11) is 0. The maximum Gasteiger partial charge on any atom is 0.341 e. The minimum absolute atomic E-state index is 0.130. The first kappa shape index (κ1) is 23.0. The van der Waals surface area contributed by atoms with Crippen molar-refractivity contribution in [2.45, 2.75) is 63.2 Å². The number of carboxylic acids is 1. The predicted molar refractivity (Wildman–Crippen MR) is 108 cm³/mol. The zero-order chi connectivity index (χ0) is 23.8. The lowest BCUT2D eigenvalue weighted by molar-refractivity contribution is -0.184. The van der Waals surface area contributed by atoms with Gasteiger partial charge in [-0.2, -0.15) is 0 Å². The number of alkyl halides is 1. The topological polar surface area (TPSA) is 152 Å². The molecule has 0 aromatic heterocycles. The molecule has 0 amide bonds. The number of ketones is 2. The maximum atomic E-state index is 13.9. The van der Waals surface area contributed by atoms with Gasteiger partial charge in [0.1, 0.15) is 6.10 Å². The van der Waals surface area contributed by atoms with E-state index in [0.717, 1.165) is 5.57 Å². The van der Waals surface area contributed by atoms with E-state index in [1.54, 1.807) is 12.2 Å². The van der Waals surface area contributed by atoms with Crippen LogP contribution in [0.4, 0.5) is 4.39 Å². The fourth-order valence-electron chi connectivity index (χ4n) is 6.61. The van der Waals surface area contributed by atoms with Gasteiger partial charge in [0.05, 0.1) is 6.10 Å². The third-order valence-electron chi connectivity index (χ3n) is 8.29. The molecule has 2 saturated carbocycles. The number of aliphatic hydroxyl groups is 4. The van der Waals surface area contributed by atoms with E-state index >= 15 is 0 Å². The van der Waals surface area contributed by atoms with Crippen LogP contribution in [0.15, 0.2) is 35.5 Å². The van der Waals surface area contributed by atoms with Crippen molar-refractivity contribution in [2.24, 2.45) is 22.7 Å². The highest BCUT2D eigenvalue weighted by Crippen LogP contribution is 2.65. The van der Waals surface area contributed by atoms with Crippen LogP contribution in [0.1, 0.15) is 33.1 Å². The van der Waals surface area contributed by atoms with Gasteiger partial charge in [-0.25, -0.2) is 9.18 Å². The van der Waals surface area contributed by atoms with Crippen molar-refractivity contribution in [1.82, 2.24) is 0 Å². The van der Waals surface area contributed by atoms with Gasteiger partial charge in [-0.3, -0.25) is 9.59 Å². The maximum absolute atomic E-state index is 13.9. The molecule has 4 rings (SSSR count). The third kappa shape index (κ3) is 2.78. The first-order valence-electron chi connectivity index (χ1n) is 10.6. The number of aliphatic carboxylic acids is 1. The molecule has 0 aliphatic heterocycles. The number of halogens is 1. The van der Waals surface area contributed by atoms with Gasteiger partial charge in [0.25, 0.3) is 0 Å². The summed E-state index contributed by atoms with van der Waals surface area (Å²) in [6.45, 7) is 3.37. The van der Waals surface area contributed by atoms with Crippen molar-refractivity contribution in [3.05, 3.63) is 35.5 Å². The van der Waals surface area contributed by atoms with Crippen LogP contribution in [0, 0.1) is 22.7 Å². The van der Waals surface area contributed by atoms with Gasteiger partial charge in [0, 0.05) is 16.7 Å². The van der Waals surface area contributed by atoms with Crippen LogP contribution < -0.4 is 0 Å². The molecule has 9 atom stereocenters. The number of rotatable bonds is 4. The quantitative estimate of drug-likeness (QED) is 0.382. The second-order valence-corrected chi connectivity index (χ2v) is 9.84. The molecule has 9 heteroatoms. The van der Waals surface area contributed by atoms with Crippen molar-refractivity contribution in [3.8, 4) is 0 Å². The van der Waals surface area contributed by atoms with E-state index < -0.39 is 58.6 Å². The van der Waals surface area contributed by atoms with Crippen LogP contribution in [-0.2, 0) is 14.4 Å². The van der Waals surface area contributed by atoms with Crippen molar-refractivity contribution < 1.29 is 44.3 Å². The summed E-state index contributed by atoms with van der Waals surface area (Å²) in [6.07, 6.45) is -1.58. The summed E-state index contributed by atoms with van der Waals surface area (Å²) in [5, 5.41) is 52.1. The van der Waals surface area contributed by atoms with E-state index in [4.69, 9.17) is 5.11 Å². The summed E-state index contributed by atoms with van der Waals surface area (Å²) in [5.74, 6) is -4.49. The van der Waals surface area contributed by atoms with Crippen LogP contribution in [-0.4, -0.2) is 73.2 Å². The number of carbonyl (C=O) groups excluding carboxylic acids is 2. The minimum Gasteiger partial charge on any atom is -0.479 e. The van der Waals surface area contributed by atoms with Gasteiger partial charge in [-0.1, -0.05) is 37.1 Å². The number of Topliss-reactive ketones (excluding diaryl/α,β-unsaturated/α-hetero) is 1. The molecule has 4 aliphatic carbocycles.